The Labute approximate surface area is 58.8 Å². The minimum Gasteiger partial charge on any atom is -0.280 e. The standard InChI is InChI=1S/C5H9ClOS/c1-5(2,8-3)4(6)7/h1-3H3. The van der Waals surface area contributed by atoms with Crippen LogP contribution < -0.4 is 0 Å². The lowest BCUT2D eigenvalue weighted by molar-refractivity contribution is -0.113. The van der Waals surface area contributed by atoms with Gasteiger partial charge in [0.1, 0.15) is 0 Å². The molecule has 0 amide bonds. The molecule has 0 heterocycles. The van der Waals surface area contributed by atoms with Gasteiger partial charge in [0, 0.05) is 0 Å². The van der Waals surface area contributed by atoms with Crippen molar-refractivity contribution < 1.29 is 4.79 Å². The number of carbonyl (C=O) groups is 1. The normalized spacial score (nSPS) is 11.5. The zero-order chi connectivity index (χ0) is 6.78. The second-order valence-corrected chi connectivity index (χ2v) is 3.76. The summed E-state index contributed by atoms with van der Waals surface area (Å²) in [6.07, 6.45) is 1.86. The fraction of sp³-hybridized carbons (Fsp3) is 0.800. The van der Waals surface area contributed by atoms with E-state index in [1.54, 1.807) is 13.8 Å². The van der Waals surface area contributed by atoms with Crippen molar-refractivity contribution in [3.8, 4) is 0 Å². The third-order valence-corrected chi connectivity index (χ3v) is 2.77. The molecule has 0 aliphatic heterocycles. The summed E-state index contributed by atoms with van der Waals surface area (Å²) in [5.74, 6) is 0. The number of halogens is 1. The summed E-state index contributed by atoms with van der Waals surface area (Å²) < 4.78 is -0.415. The van der Waals surface area contributed by atoms with E-state index < -0.39 is 4.75 Å². The van der Waals surface area contributed by atoms with Gasteiger partial charge in [-0.15, -0.1) is 11.8 Å². The highest BCUT2D eigenvalue weighted by Gasteiger charge is 2.23. The maximum absolute atomic E-state index is 10.4. The minimum absolute atomic E-state index is 0.287. The smallest absolute Gasteiger partial charge is 0.237 e. The molecule has 0 bridgehead atoms. The first-order valence-corrected chi connectivity index (χ1v) is 3.86. The molecule has 0 aromatic rings. The second-order valence-electron chi connectivity index (χ2n) is 1.99. The Morgan fingerprint density at radius 1 is 1.62 bits per heavy atom. The SMILES string of the molecule is CSC(C)(C)C(=O)Cl. The summed E-state index contributed by atoms with van der Waals surface area (Å²) in [5, 5.41) is -0.287. The summed E-state index contributed by atoms with van der Waals surface area (Å²) in [7, 11) is 0. The van der Waals surface area contributed by atoms with Gasteiger partial charge in [0.25, 0.3) is 0 Å². The van der Waals surface area contributed by atoms with Crippen LogP contribution in [0.4, 0.5) is 0 Å². The summed E-state index contributed by atoms with van der Waals surface area (Å²) in [5.41, 5.74) is 0. The number of carbonyl (C=O) groups excluding carboxylic acids is 1. The summed E-state index contributed by atoms with van der Waals surface area (Å²) in [6.45, 7) is 3.60. The molecular weight excluding hydrogens is 144 g/mol. The molecule has 0 fully saturated rings. The van der Waals surface area contributed by atoms with E-state index in [0.717, 1.165) is 0 Å². The van der Waals surface area contributed by atoms with Crippen molar-refractivity contribution in [2.45, 2.75) is 18.6 Å². The number of hydrogen-bond donors (Lipinski definition) is 0. The molecule has 0 radical (unpaired) electrons. The van der Waals surface area contributed by atoms with Crippen LogP contribution in [-0.4, -0.2) is 16.2 Å². The first-order chi connectivity index (χ1) is 3.50. The zero-order valence-corrected chi connectivity index (χ0v) is 6.77. The van der Waals surface area contributed by atoms with E-state index in [1.807, 2.05) is 6.26 Å². The van der Waals surface area contributed by atoms with E-state index in [4.69, 9.17) is 11.6 Å². The molecular formula is C5H9ClOS. The number of thioether (sulfide) groups is 1. The van der Waals surface area contributed by atoms with E-state index in [9.17, 15) is 4.79 Å². The van der Waals surface area contributed by atoms with Gasteiger partial charge in [-0.2, -0.15) is 0 Å². The van der Waals surface area contributed by atoms with Gasteiger partial charge in [-0.3, -0.25) is 4.79 Å². The number of rotatable bonds is 2. The Balaban J connectivity index is 3.91. The van der Waals surface area contributed by atoms with Crippen molar-refractivity contribution in [3.63, 3.8) is 0 Å². The molecule has 0 spiro atoms. The molecule has 0 saturated carbocycles. The maximum atomic E-state index is 10.4. The average Bonchev–Trinajstić information content (AvgIpc) is 1.67. The van der Waals surface area contributed by atoms with Crippen molar-refractivity contribution in [1.29, 1.82) is 0 Å². The maximum Gasteiger partial charge on any atom is 0.237 e. The van der Waals surface area contributed by atoms with E-state index in [1.165, 1.54) is 11.8 Å². The third-order valence-electron chi connectivity index (χ3n) is 0.984. The lowest BCUT2D eigenvalue weighted by atomic mass is 10.2. The van der Waals surface area contributed by atoms with Gasteiger partial charge in [-0.05, 0) is 31.7 Å². The molecule has 1 nitrogen and oxygen atoms in total. The predicted octanol–water partition coefficient (Wildman–Crippen LogP) is 1.89. The van der Waals surface area contributed by atoms with Crippen molar-refractivity contribution in [2.75, 3.05) is 6.26 Å². The Kier molecular flexibility index (Phi) is 2.84. The molecule has 0 aliphatic carbocycles. The molecule has 3 heteroatoms. The Morgan fingerprint density at radius 3 is 2.00 bits per heavy atom. The van der Waals surface area contributed by atoms with Crippen LogP contribution in [0.1, 0.15) is 13.8 Å². The summed E-state index contributed by atoms with van der Waals surface area (Å²) in [4.78, 5) is 10.4. The van der Waals surface area contributed by atoms with Crippen molar-refractivity contribution in [3.05, 3.63) is 0 Å². The highest BCUT2D eigenvalue weighted by Crippen LogP contribution is 2.23. The monoisotopic (exact) mass is 152 g/mol. The third kappa shape index (κ3) is 2.05. The van der Waals surface area contributed by atoms with Gasteiger partial charge in [0.2, 0.25) is 5.24 Å². The highest BCUT2D eigenvalue weighted by molar-refractivity contribution is 8.00. The quantitative estimate of drug-likeness (QED) is 0.563. The minimum atomic E-state index is -0.415. The van der Waals surface area contributed by atoms with Gasteiger partial charge in [-0.25, -0.2) is 0 Å². The molecule has 0 saturated heterocycles. The van der Waals surface area contributed by atoms with Crippen molar-refractivity contribution in [1.82, 2.24) is 0 Å². The van der Waals surface area contributed by atoms with Crippen LogP contribution in [0, 0.1) is 0 Å². The van der Waals surface area contributed by atoms with Crippen LogP contribution in [0.3, 0.4) is 0 Å². The average molecular weight is 153 g/mol. The van der Waals surface area contributed by atoms with E-state index in [0.29, 0.717) is 0 Å². The predicted molar refractivity (Wildman–Crippen MR) is 38.5 cm³/mol. The molecule has 0 unspecified atom stereocenters. The molecule has 48 valence electrons. The van der Waals surface area contributed by atoms with E-state index in [2.05, 4.69) is 0 Å². The Bertz CT molecular complexity index is 101. The van der Waals surface area contributed by atoms with Crippen LogP contribution in [0.25, 0.3) is 0 Å². The van der Waals surface area contributed by atoms with Crippen LogP contribution >= 0.6 is 23.4 Å². The molecule has 8 heavy (non-hydrogen) atoms. The lowest BCUT2D eigenvalue weighted by Gasteiger charge is -2.14. The van der Waals surface area contributed by atoms with Gasteiger partial charge < -0.3 is 0 Å². The molecule has 0 aromatic heterocycles. The molecule has 0 rings (SSSR count). The van der Waals surface area contributed by atoms with Gasteiger partial charge >= 0.3 is 0 Å². The Morgan fingerprint density at radius 2 is 2.00 bits per heavy atom. The van der Waals surface area contributed by atoms with Crippen LogP contribution in [0.5, 0.6) is 0 Å². The number of hydrogen-bond acceptors (Lipinski definition) is 2. The first kappa shape index (κ1) is 8.31. The molecule has 0 aliphatic rings. The van der Waals surface area contributed by atoms with Crippen LogP contribution in [0.15, 0.2) is 0 Å². The highest BCUT2D eigenvalue weighted by atomic mass is 35.5. The van der Waals surface area contributed by atoms with Crippen molar-refractivity contribution >= 4 is 28.6 Å². The fourth-order valence-electron chi connectivity index (χ4n) is 0.0802. The summed E-state index contributed by atoms with van der Waals surface area (Å²) in [6, 6.07) is 0. The van der Waals surface area contributed by atoms with Crippen molar-refractivity contribution in [2.24, 2.45) is 0 Å². The Hall–Kier alpha value is 0.310. The zero-order valence-electron chi connectivity index (χ0n) is 5.19. The second kappa shape index (κ2) is 2.74. The molecule has 0 aromatic carbocycles. The van der Waals surface area contributed by atoms with Crippen LogP contribution in [0.2, 0.25) is 0 Å². The topological polar surface area (TPSA) is 17.1 Å². The molecule has 0 N–H and O–H groups in total. The van der Waals surface area contributed by atoms with Gasteiger partial charge in [0.15, 0.2) is 0 Å². The van der Waals surface area contributed by atoms with Gasteiger partial charge in [0.05, 0.1) is 4.75 Å². The largest absolute Gasteiger partial charge is 0.280 e. The summed E-state index contributed by atoms with van der Waals surface area (Å²) >= 11 is 6.66. The van der Waals surface area contributed by atoms with E-state index in [-0.39, 0.29) is 5.24 Å². The fourth-order valence-corrected chi connectivity index (χ4v) is 0.472. The first-order valence-electron chi connectivity index (χ1n) is 2.26. The lowest BCUT2D eigenvalue weighted by Crippen LogP contribution is -2.21. The molecule has 0 atom stereocenters. The van der Waals surface area contributed by atoms with Gasteiger partial charge in [-0.1, -0.05) is 0 Å². The van der Waals surface area contributed by atoms with Crippen LogP contribution in [-0.2, 0) is 4.79 Å². The van der Waals surface area contributed by atoms with E-state index >= 15 is 0 Å².